The Morgan fingerprint density at radius 1 is 1.53 bits per heavy atom. The van der Waals surface area contributed by atoms with Crippen LogP contribution >= 0.6 is 27.7 Å². The zero-order chi connectivity index (χ0) is 12.3. The minimum atomic E-state index is -0.177. The molecule has 0 spiro atoms. The molecule has 0 amide bonds. The molecule has 0 fully saturated rings. The van der Waals surface area contributed by atoms with Crippen LogP contribution in [0.25, 0.3) is 0 Å². The van der Waals surface area contributed by atoms with Gasteiger partial charge < -0.3 is 0 Å². The first-order chi connectivity index (χ1) is 8.20. The minimum Gasteiger partial charge on any atom is -0.270 e. The van der Waals surface area contributed by atoms with Crippen LogP contribution in [0.4, 0.5) is 0 Å². The molecule has 0 aliphatic rings. The van der Waals surface area contributed by atoms with Crippen LogP contribution in [0.2, 0.25) is 0 Å². The molecule has 7 heteroatoms. The molecule has 1 N–H and O–H groups in total. The number of hydrogen-bond donors (Lipinski definition) is 1. The molecular weight excluding hydrogens is 304 g/mol. The molecule has 0 saturated carbocycles. The first-order valence-corrected chi connectivity index (χ1v) is 6.77. The van der Waals surface area contributed by atoms with Gasteiger partial charge in [0.25, 0.3) is 0 Å². The predicted molar refractivity (Wildman–Crippen MR) is 69.2 cm³/mol. The Morgan fingerprint density at radius 2 is 2.35 bits per heavy atom. The molecule has 2 aromatic rings. The average Bonchev–Trinajstić information content (AvgIpc) is 2.62. The van der Waals surface area contributed by atoms with Crippen LogP contribution in [0.15, 0.2) is 37.8 Å². The summed E-state index contributed by atoms with van der Waals surface area (Å²) in [5.41, 5.74) is -0.177. The molecule has 17 heavy (non-hydrogen) atoms. The molecule has 2 rings (SSSR count). The number of aromatic amines is 1. The fraction of sp³-hybridized carbons (Fsp3) is 0.300. The lowest BCUT2D eigenvalue weighted by molar-refractivity contribution is 0.603. The van der Waals surface area contributed by atoms with Gasteiger partial charge in [-0.05, 0) is 46.2 Å². The maximum atomic E-state index is 11.5. The van der Waals surface area contributed by atoms with Crippen molar-refractivity contribution in [3.63, 3.8) is 0 Å². The molecule has 2 aromatic heterocycles. The van der Waals surface area contributed by atoms with Gasteiger partial charge in [0.2, 0.25) is 0 Å². The smallest absolute Gasteiger partial charge is 0.270 e. The molecule has 0 saturated heterocycles. The highest BCUT2D eigenvalue weighted by molar-refractivity contribution is 9.10. The summed E-state index contributed by atoms with van der Waals surface area (Å²) in [6.07, 6.45) is 0.888. The van der Waals surface area contributed by atoms with Gasteiger partial charge in [0.15, 0.2) is 5.16 Å². The van der Waals surface area contributed by atoms with E-state index in [2.05, 4.69) is 31.1 Å². The molecule has 0 aliphatic heterocycles. The third kappa shape index (κ3) is 2.98. The summed E-state index contributed by atoms with van der Waals surface area (Å²) in [6.45, 7) is 2.68. The van der Waals surface area contributed by atoms with E-state index in [-0.39, 0.29) is 5.69 Å². The van der Waals surface area contributed by atoms with Crippen molar-refractivity contribution in [2.24, 2.45) is 0 Å². The van der Waals surface area contributed by atoms with Crippen molar-refractivity contribution in [1.82, 2.24) is 19.7 Å². The molecule has 2 heterocycles. The summed E-state index contributed by atoms with van der Waals surface area (Å²) in [5.74, 6) is 0. The van der Waals surface area contributed by atoms with E-state index in [1.807, 2.05) is 25.1 Å². The highest BCUT2D eigenvalue weighted by atomic mass is 79.9. The van der Waals surface area contributed by atoms with E-state index in [4.69, 9.17) is 0 Å². The summed E-state index contributed by atoms with van der Waals surface area (Å²) in [4.78, 5) is 15.8. The lowest BCUT2D eigenvalue weighted by Gasteiger charge is -2.02. The molecular formula is C10H11BrN4OS. The Balaban J connectivity index is 2.27. The highest BCUT2D eigenvalue weighted by Gasteiger charge is 2.09. The van der Waals surface area contributed by atoms with Gasteiger partial charge in [-0.1, -0.05) is 13.0 Å². The number of halogens is 1. The summed E-state index contributed by atoms with van der Waals surface area (Å²) < 4.78 is 2.38. The fourth-order valence-corrected chi connectivity index (χ4v) is 2.66. The Bertz CT molecular complexity index is 565. The van der Waals surface area contributed by atoms with Gasteiger partial charge in [-0.2, -0.15) is 0 Å². The zero-order valence-corrected chi connectivity index (χ0v) is 11.6. The van der Waals surface area contributed by atoms with Crippen molar-refractivity contribution >= 4 is 27.7 Å². The number of aromatic nitrogens is 4. The number of H-pyrrole nitrogens is 1. The van der Waals surface area contributed by atoms with Crippen LogP contribution in [-0.4, -0.2) is 19.7 Å². The van der Waals surface area contributed by atoms with Crippen LogP contribution in [-0.2, 0) is 6.54 Å². The van der Waals surface area contributed by atoms with Gasteiger partial charge in [-0.3, -0.25) is 4.57 Å². The minimum absolute atomic E-state index is 0.177. The second kappa shape index (κ2) is 5.50. The van der Waals surface area contributed by atoms with Gasteiger partial charge >= 0.3 is 5.69 Å². The van der Waals surface area contributed by atoms with E-state index >= 15 is 0 Å². The Labute approximate surface area is 111 Å². The predicted octanol–water partition coefficient (Wildman–Crippen LogP) is 2.29. The topological polar surface area (TPSA) is 63.6 Å². The first-order valence-electron chi connectivity index (χ1n) is 5.16. The van der Waals surface area contributed by atoms with Crippen molar-refractivity contribution < 1.29 is 0 Å². The van der Waals surface area contributed by atoms with E-state index in [1.54, 1.807) is 4.57 Å². The third-order valence-electron chi connectivity index (χ3n) is 2.06. The lowest BCUT2D eigenvalue weighted by Crippen LogP contribution is -2.17. The lowest BCUT2D eigenvalue weighted by atomic mass is 10.5. The van der Waals surface area contributed by atoms with Gasteiger partial charge in [0.05, 0.1) is 0 Å². The van der Waals surface area contributed by atoms with E-state index in [0.29, 0.717) is 11.7 Å². The Kier molecular flexibility index (Phi) is 4.01. The standard InChI is InChI=1S/C10H11BrN4OS/c1-2-6-15-9(16)13-14-10(15)17-8-5-3-4-7(11)12-8/h3-5H,2,6H2,1H3,(H,13,16). The maximum absolute atomic E-state index is 11.5. The molecule has 0 bridgehead atoms. The van der Waals surface area contributed by atoms with E-state index in [1.165, 1.54) is 11.8 Å². The molecule has 0 aromatic carbocycles. The molecule has 0 aliphatic carbocycles. The summed E-state index contributed by atoms with van der Waals surface area (Å²) in [7, 11) is 0. The van der Waals surface area contributed by atoms with Crippen LogP contribution in [0.5, 0.6) is 0 Å². The SMILES string of the molecule is CCCn1c(Sc2cccc(Br)n2)n[nH]c1=O. The zero-order valence-electron chi connectivity index (χ0n) is 9.18. The van der Waals surface area contributed by atoms with Crippen molar-refractivity contribution in [2.45, 2.75) is 30.1 Å². The van der Waals surface area contributed by atoms with Crippen molar-refractivity contribution in [3.05, 3.63) is 33.3 Å². The van der Waals surface area contributed by atoms with Gasteiger partial charge in [0.1, 0.15) is 9.63 Å². The van der Waals surface area contributed by atoms with Gasteiger partial charge in [-0.15, -0.1) is 5.10 Å². The van der Waals surface area contributed by atoms with E-state index < -0.39 is 0 Å². The number of hydrogen-bond acceptors (Lipinski definition) is 4. The third-order valence-corrected chi connectivity index (χ3v) is 3.43. The fourth-order valence-electron chi connectivity index (χ4n) is 1.34. The van der Waals surface area contributed by atoms with Crippen LogP contribution in [0.1, 0.15) is 13.3 Å². The molecule has 90 valence electrons. The quantitative estimate of drug-likeness (QED) is 0.879. The van der Waals surface area contributed by atoms with Crippen molar-refractivity contribution in [1.29, 1.82) is 0 Å². The molecule has 0 radical (unpaired) electrons. The second-order valence-electron chi connectivity index (χ2n) is 3.36. The van der Waals surface area contributed by atoms with E-state index in [0.717, 1.165) is 16.0 Å². The van der Waals surface area contributed by atoms with Crippen LogP contribution in [0, 0.1) is 0 Å². The maximum Gasteiger partial charge on any atom is 0.343 e. The largest absolute Gasteiger partial charge is 0.343 e. The molecule has 0 unspecified atom stereocenters. The summed E-state index contributed by atoms with van der Waals surface area (Å²) >= 11 is 4.68. The summed E-state index contributed by atoms with van der Waals surface area (Å²) in [5, 5.41) is 7.89. The van der Waals surface area contributed by atoms with Gasteiger partial charge in [-0.25, -0.2) is 14.9 Å². The van der Waals surface area contributed by atoms with Crippen molar-refractivity contribution in [2.75, 3.05) is 0 Å². The Hall–Kier alpha value is -1.08. The highest BCUT2D eigenvalue weighted by Crippen LogP contribution is 2.24. The number of nitrogens with zero attached hydrogens (tertiary/aromatic N) is 3. The number of pyridine rings is 1. The Morgan fingerprint density at radius 3 is 3.06 bits per heavy atom. The second-order valence-corrected chi connectivity index (χ2v) is 5.16. The summed E-state index contributed by atoms with van der Waals surface area (Å²) in [6, 6.07) is 5.63. The average molecular weight is 315 g/mol. The molecule has 0 atom stereocenters. The van der Waals surface area contributed by atoms with Crippen molar-refractivity contribution in [3.8, 4) is 0 Å². The van der Waals surface area contributed by atoms with Crippen LogP contribution < -0.4 is 5.69 Å². The van der Waals surface area contributed by atoms with Crippen LogP contribution in [0.3, 0.4) is 0 Å². The van der Waals surface area contributed by atoms with E-state index in [9.17, 15) is 4.79 Å². The number of nitrogens with one attached hydrogen (secondary N) is 1. The molecule has 5 nitrogen and oxygen atoms in total. The normalized spacial score (nSPS) is 10.7. The first kappa shape index (κ1) is 12.4. The monoisotopic (exact) mass is 314 g/mol. The number of rotatable bonds is 4. The van der Waals surface area contributed by atoms with Gasteiger partial charge in [0, 0.05) is 6.54 Å².